The molecule has 1 aliphatic carbocycles. The lowest BCUT2D eigenvalue weighted by atomic mass is 9.96. The van der Waals surface area contributed by atoms with Crippen LogP contribution in [0.5, 0.6) is 0 Å². The highest BCUT2D eigenvalue weighted by Crippen LogP contribution is 2.20. The van der Waals surface area contributed by atoms with Gasteiger partial charge in [-0.1, -0.05) is 24.3 Å². The highest BCUT2D eigenvalue weighted by atomic mass is 14.1. The minimum Gasteiger partial charge on any atom is -0.0847 e. The van der Waals surface area contributed by atoms with Crippen LogP contribution in [0.4, 0.5) is 0 Å². The second kappa shape index (κ2) is 1.97. The zero-order valence-electron chi connectivity index (χ0n) is 4.35. The molecule has 0 nitrogen and oxygen atoms in total. The molecule has 0 atom stereocenters. The fourth-order valence-corrected chi connectivity index (χ4v) is 0.685. The van der Waals surface area contributed by atoms with Crippen LogP contribution >= 0.6 is 0 Å². The molecule has 0 aromatic carbocycles. The topological polar surface area (TPSA) is 0 Å². The molecule has 0 saturated heterocycles. The second-order valence-electron chi connectivity index (χ2n) is 1.84. The molecule has 1 rings (SSSR count). The van der Waals surface area contributed by atoms with Crippen LogP contribution in [-0.4, -0.2) is 0 Å². The van der Waals surface area contributed by atoms with E-state index in [9.17, 15) is 0 Å². The summed E-state index contributed by atoms with van der Waals surface area (Å²) in [6, 6.07) is 0. The van der Waals surface area contributed by atoms with Gasteiger partial charge in [-0.05, 0) is 19.3 Å². The van der Waals surface area contributed by atoms with Crippen molar-refractivity contribution >= 4 is 0 Å². The Kier molecular flexibility index (Phi) is 1.30. The van der Waals surface area contributed by atoms with Crippen molar-refractivity contribution in [1.29, 1.82) is 0 Å². The van der Waals surface area contributed by atoms with Crippen molar-refractivity contribution < 1.29 is 0 Å². The van der Waals surface area contributed by atoms with E-state index in [1.54, 1.807) is 6.08 Å². The summed E-state index contributed by atoms with van der Waals surface area (Å²) < 4.78 is 0. The van der Waals surface area contributed by atoms with Crippen LogP contribution in [0.15, 0.2) is 17.7 Å². The Balaban J connectivity index is 2.27. The molecule has 0 heterocycles. The lowest BCUT2D eigenvalue weighted by Crippen LogP contribution is -1.90. The maximum absolute atomic E-state index is 5.17. The summed E-state index contributed by atoms with van der Waals surface area (Å²) in [5.74, 6) is 0. The van der Waals surface area contributed by atoms with Crippen LogP contribution in [0, 0.1) is 6.58 Å². The van der Waals surface area contributed by atoms with Crippen molar-refractivity contribution in [3.8, 4) is 0 Å². The summed E-state index contributed by atoms with van der Waals surface area (Å²) in [5.41, 5.74) is 1.50. The molecule has 37 valence electrons. The first-order chi connectivity index (χ1) is 3.43. The van der Waals surface area contributed by atoms with Gasteiger partial charge in [-0.25, -0.2) is 0 Å². The Labute approximate surface area is 44.5 Å². The van der Waals surface area contributed by atoms with Crippen molar-refractivity contribution in [3.63, 3.8) is 0 Å². The van der Waals surface area contributed by atoms with Gasteiger partial charge in [-0.15, -0.1) is 0 Å². The van der Waals surface area contributed by atoms with Crippen molar-refractivity contribution in [1.82, 2.24) is 0 Å². The summed E-state index contributed by atoms with van der Waals surface area (Å²) in [6.07, 6.45) is 7.49. The minimum atomic E-state index is 1.00. The average molecular weight is 93.1 g/mol. The summed E-state index contributed by atoms with van der Waals surface area (Å²) in [7, 11) is 0. The monoisotopic (exact) mass is 93.1 g/mol. The van der Waals surface area contributed by atoms with Crippen molar-refractivity contribution in [2.75, 3.05) is 0 Å². The Morgan fingerprint density at radius 3 is 2.71 bits per heavy atom. The zero-order valence-corrected chi connectivity index (χ0v) is 4.35. The van der Waals surface area contributed by atoms with Crippen molar-refractivity contribution in [2.45, 2.75) is 19.3 Å². The molecule has 0 fully saturated rings. The van der Waals surface area contributed by atoms with Gasteiger partial charge in [0.05, 0.1) is 0 Å². The van der Waals surface area contributed by atoms with E-state index in [-0.39, 0.29) is 0 Å². The van der Waals surface area contributed by atoms with Crippen LogP contribution in [0.1, 0.15) is 19.3 Å². The highest BCUT2D eigenvalue weighted by Gasteiger charge is 2.00. The molecule has 0 heteroatoms. The largest absolute Gasteiger partial charge is 0.0847 e. The molecule has 0 aromatic heterocycles. The molecule has 0 spiro atoms. The van der Waals surface area contributed by atoms with E-state index in [4.69, 9.17) is 6.58 Å². The summed E-state index contributed by atoms with van der Waals surface area (Å²) >= 11 is 0. The Morgan fingerprint density at radius 1 is 1.86 bits per heavy atom. The van der Waals surface area contributed by atoms with Gasteiger partial charge in [0, 0.05) is 0 Å². The maximum Gasteiger partial charge on any atom is -0.0136 e. The van der Waals surface area contributed by atoms with E-state index in [2.05, 4.69) is 6.08 Å². The number of allylic oxidation sites excluding steroid dienone is 3. The lowest BCUT2D eigenvalue weighted by molar-refractivity contribution is 0.841. The molecule has 0 aromatic rings. The van der Waals surface area contributed by atoms with E-state index in [0.29, 0.717) is 0 Å². The Bertz CT molecular complexity index is 98.6. The third-order valence-corrected chi connectivity index (χ3v) is 1.28. The second-order valence-corrected chi connectivity index (χ2v) is 1.84. The zero-order chi connectivity index (χ0) is 5.11. The van der Waals surface area contributed by atoms with E-state index < -0.39 is 0 Å². The summed E-state index contributed by atoms with van der Waals surface area (Å²) in [4.78, 5) is 0. The molecule has 1 aliphatic rings. The first-order valence-electron chi connectivity index (χ1n) is 2.65. The van der Waals surface area contributed by atoms with Crippen molar-refractivity contribution in [3.05, 3.63) is 24.3 Å². The predicted octanol–water partition coefficient (Wildman–Crippen LogP) is 2.09. The molecule has 7 heavy (non-hydrogen) atoms. The van der Waals surface area contributed by atoms with Crippen LogP contribution in [0.25, 0.3) is 0 Å². The van der Waals surface area contributed by atoms with Gasteiger partial charge in [0.2, 0.25) is 0 Å². The highest BCUT2D eigenvalue weighted by molar-refractivity contribution is 5.14. The van der Waals surface area contributed by atoms with Gasteiger partial charge in [0.25, 0.3) is 0 Å². The van der Waals surface area contributed by atoms with E-state index >= 15 is 0 Å². The van der Waals surface area contributed by atoms with Crippen LogP contribution in [-0.2, 0) is 0 Å². The Hall–Kier alpha value is -0.520. The van der Waals surface area contributed by atoms with Crippen LogP contribution < -0.4 is 0 Å². The van der Waals surface area contributed by atoms with Gasteiger partial charge in [-0.2, -0.15) is 0 Å². The van der Waals surface area contributed by atoms with Gasteiger partial charge in [-0.3, -0.25) is 0 Å². The van der Waals surface area contributed by atoms with Crippen LogP contribution in [0.2, 0.25) is 0 Å². The van der Waals surface area contributed by atoms with Crippen LogP contribution in [0.3, 0.4) is 0 Å². The standard InChI is InChI=1S/C7H9/c1-2-4-7-5-3-6-7/h1-2,5H,3-4,6H2. The van der Waals surface area contributed by atoms with Gasteiger partial charge in [0.15, 0.2) is 0 Å². The Morgan fingerprint density at radius 2 is 2.57 bits per heavy atom. The van der Waals surface area contributed by atoms with E-state index in [1.807, 2.05) is 0 Å². The molecule has 0 amide bonds. The molecular weight excluding hydrogens is 84.1 g/mol. The van der Waals surface area contributed by atoms with Gasteiger partial charge in [0.1, 0.15) is 0 Å². The molecule has 0 N–H and O–H groups in total. The molecular formula is C7H9. The third-order valence-electron chi connectivity index (χ3n) is 1.28. The molecule has 1 radical (unpaired) electrons. The molecule has 0 unspecified atom stereocenters. The molecule has 0 bridgehead atoms. The number of hydrogen-bond acceptors (Lipinski definition) is 0. The minimum absolute atomic E-state index is 1.00. The summed E-state index contributed by atoms with van der Waals surface area (Å²) in [6.45, 7) is 5.17. The number of rotatable bonds is 2. The SMILES string of the molecule is [CH]=CCC1=CCC1. The predicted molar refractivity (Wildman–Crippen MR) is 30.8 cm³/mol. The number of hydrogen-bond donors (Lipinski definition) is 0. The average Bonchev–Trinajstić information content (AvgIpc) is 1.55. The molecule has 0 saturated carbocycles. The fraction of sp³-hybridized carbons (Fsp3) is 0.429. The van der Waals surface area contributed by atoms with E-state index in [1.165, 1.54) is 18.4 Å². The summed E-state index contributed by atoms with van der Waals surface area (Å²) in [5, 5.41) is 0. The smallest absolute Gasteiger partial charge is 0.0136 e. The molecule has 0 aliphatic heterocycles. The first kappa shape index (κ1) is 4.63. The van der Waals surface area contributed by atoms with Crippen molar-refractivity contribution in [2.24, 2.45) is 0 Å². The lowest BCUT2D eigenvalue weighted by Gasteiger charge is -2.10. The quantitative estimate of drug-likeness (QED) is 0.458. The first-order valence-corrected chi connectivity index (χ1v) is 2.65. The van der Waals surface area contributed by atoms with E-state index in [0.717, 1.165) is 6.42 Å². The fourth-order valence-electron chi connectivity index (χ4n) is 0.685. The third kappa shape index (κ3) is 0.923. The van der Waals surface area contributed by atoms with Gasteiger partial charge < -0.3 is 0 Å². The van der Waals surface area contributed by atoms with Gasteiger partial charge >= 0.3 is 0 Å². The normalized spacial score (nSPS) is 17.4. The maximum atomic E-state index is 5.17.